The number of amides is 1. The predicted octanol–water partition coefficient (Wildman–Crippen LogP) is 2.12. The molecule has 0 atom stereocenters. The number of ether oxygens (including phenoxy) is 2. The number of hydrogen-bond donors (Lipinski definition) is 1. The smallest absolute Gasteiger partial charge is 0.332 e. The molecule has 1 N–H and O–H groups in total. The van der Waals surface area contributed by atoms with Gasteiger partial charge in [-0.05, 0) is 53.9 Å². The molecule has 4 aromatic rings. The molecule has 0 bridgehead atoms. The van der Waals surface area contributed by atoms with Gasteiger partial charge < -0.3 is 14.8 Å². The summed E-state index contributed by atoms with van der Waals surface area (Å²) >= 11 is 0. The first-order valence-corrected chi connectivity index (χ1v) is 11.2. The highest BCUT2D eigenvalue weighted by molar-refractivity contribution is 5.79. The molecule has 2 aromatic heterocycles. The SMILES string of the molecule is COc1ccc(CCNC(=O)Cn2c(=O)n(Cc3ccc(F)cc3)c(=O)c3ncccc32)cc1OC. The molecule has 0 radical (unpaired) electrons. The first-order chi connectivity index (χ1) is 17.4. The summed E-state index contributed by atoms with van der Waals surface area (Å²) in [5.74, 6) is 0.388. The summed E-state index contributed by atoms with van der Waals surface area (Å²) in [4.78, 5) is 43.1. The maximum Gasteiger partial charge on any atom is 0.332 e. The van der Waals surface area contributed by atoms with E-state index in [-0.39, 0.29) is 24.1 Å². The van der Waals surface area contributed by atoms with Gasteiger partial charge >= 0.3 is 5.69 Å². The van der Waals surface area contributed by atoms with E-state index in [0.717, 1.165) is 10.1 Å². The van der Waals surface area contributed by atoms with E-state index in [4.69, 9.17) is 9.47 Å². The molecule has 0 saturated heterocycles. The van der Waals surface area contributed by atoms with E-state index in [1.54, 1.807) is 32.4 Å². The molecule has 0 spiro atoms. The summed E-state index contributed by atoms with van der Waals surface area (Å²) in [5, 5.41) is 2.81. The highest BCUT2D eigenvalue weighted by atomic mass is 19.1. The first kappa shape index (κ1) is 24.6. The Bertz CT molecular complexity index is 1510. The summed E-state index contributed by atoms with van der Waals surface area (Å²) in [6.07, 6.45) is 1.98. The number of benzene rings is 2. The van der Waals surface area contributed by atoms with Gasteiger partial charge in [-0.15, -0.1) is 0 Å². The van der Waals surface area contributed by atoms with Gasteiger partial charge in [0.05, 0.1) is 26.3 Å². The van der Waals surface area contributed by atoms with Crippen LogP contribution in [-0.4, -0.2) is 40.8 Å². The lowest BCUT2D eigenvalue weighted by molar-refractivity contribution is -0.121. The second-order valence-corrected chi connectivity index (χ2v) is 8.05. The zero-order valence-corrected chi connectivity index (χ0v) is 19.9. The van der Waals surface area contributed by atoms with Crippen molar-refractivity contribution in [3.8, 4) is 11.5 Å². The number of carbonyl (C=O) groups excluding carboxylic acids is 1. The Morgan fingerprint density at radius 1 is 0.972 bits per heavy atom. The number of aromatic nitrogens is 3. The fourth-order valence-corrected chi connectivity index (χ4v) is 3.89. The number of rotatable bonds is 9. The Morgan fingerprint density at radius 3 is 2.42 bits per heavy atom. The molecule has 0 unspecified atom stereocenters. The van der Waals surface area contributed by atoms with Gasteiger partial charge in [0.25, 0.3) is 5.56 Å². The van der Waals surface area contributed by atoms with E-state index in [2.05, 4.69) is 10.3 Å². The standard InChI is InChI=1S/C26H25FN4O5/c1-35-21-10-7-17(14-22(21)36-2)11-13-28-23(32)16-30-20-4-3-12-29-24(20)25(33)31(26(30)34)15-18-5-8-19(27)9-6-18/h3-10,12,14H,11,13,15-16H2,1-2H3,(H,28,32). The summed E-state index contributed by atoms with van der Waals surface area (Å²) < 4.78 is 26.0. The molecule has 9 nitrogen and oxygen atoms in total. The molecule has 0 aliphatic carbocycles. The maximum atomic E-state index is 13.3. The Balaban J connectivity index is 1.54. The lowest BCUT2D eigenvalue weighted by Gasteiger charge is -2.14. The molecule has 0 aliphatic heterocycles. The van der Waals surface area contributed by atoms with E-state index in [9.17, 15) is 18.8 Å². The van der Waals surface area contributed by atoms with Crippen molar-refractivity contribution in [1.29, 1.82) is 0 Å². The highest BCUT2D eigenvalue weighted by Crippen LogP contribution is 2.27. The number of nitrogens with one attached hydrogen (secondary N) is 1. The quantitative estimate of drug-likeness (QED) is 0.384. The fourth-order valence-electron chi connectivity index (χ4n) is 3.89. The summed E-state index contributed by atoms with van der Waals surface area (Å²) in [6, 6.07) is 14.2. The summed E-state index contributed by atoms with van der Waals surface area (Å²) in [6.45, 7) is -0.0451. The molecular formula is C26H25FN4O5. The van der Waals surface area contributed by atoms with Gasteiger partial charge in [-0.3, -0.25) is 18.7 Å². The van der Waals surface area contributed by atoms with Gasteiger partial charge in [0.1, 0.15) is 12.4 Å². The van der Waals surface area contributed by atoms with Gasteiger partial charge in [0.15, 0.2) is 17.0 Å². The van der Waals surface area contributed by atoms with Crippen LogP contribution < -0.4 is 26.0 Å². The minimum absolute atomic E-state index is 0.0670. The van der Waals surface area contributed by atoms with Crippen LogP contribution in [0.25, 0.3) is 11.0 Å². The molecule has 0 aliphatic rings. The number of halogens is 1. The molecule has 2 heterocycles. The largest absolute Gasteiger partial charge is 0.493 e. The van der Waals surface area contributed by atoms with Crippen molar-refractivity contribution in [2.75, 3.05) is 20.8 Å². The Morgan fingerprint density at radius 2 is 1.69 bits per heavy atom. The van der Waals surface area contributed by atoms with Crippen LogP contribution in [0.1, 0.15) is 11.1 Å². The van der Waals surface area contributed by atoms with Gasteiger partial charge in [-0.2, -0.15) is 0 Å². The second kappa shape index (κ2) is 10.9. The zero-order valence-electron chi connectivity index (χ0n) is 19.9. The summed E-state index contributed by atoms with van der Waals surface area (Å²) in [5.41, 5.74) is 0.601. The molecule has 186 valence electrons. The highest BCUT2D eigenvalue weighted by Gasteiger charge is 2.16. The second-order valence-electron chi connectivity index (χ2n) is 8.05. The number of pyridine rings is 1. The topological polar surface area (TPSA) is 104 Å². The van der Waals surface area contributed by atoms with Crippen molar-refractivity contribution < 1.29 is 18.7 Å². The third-order valence-corrected chi connectivity index (χ3v) is 5.73. The monoisotopic (exact) mass is 492 g/mol. The van der Waals surface area contributed by atoms with Gasteiger partial charge in [0, 0.05) is 12.7 Å². The van der Waals surface area contributed by atoms with Crippen LogP contribution >= 0.6 is 0 Å². The normalized spacial score (nSPS) is 10.9. The minimum Gasteiger partial charge on any atom is -0.493 e. The third kappa shape index (κ3) is 5.27. The minimum atomic E-state index is -0.653. The van der Waals surface area contributed by atoms with Crippen LogP contribution in [0.15, 0.2) is 70.4 Å². The zero-order chi connectivity index (χ0) is 25.7. The number of hydrogen-bond acceptors (Lipinski definition) is 6. The molecular weight excluding hydrogens is 467 g/mol. The van der Waals surface area contributed by atoms with Crippen molar-refractivity contribution in [3.63, 3.8) is 0 Å². The van der Waals surface area contributed by atoms with E-state index in [1.807, 2.05) is 12.1 Å². The van der Waals surface area contributed by atoms with Crippen molar-refractivity contribution >= 4 is 16.9 Å². The first-order valence-electron chi connectivity index (χ1n) is 11.2. The number of methoxy groups -OCH3 is 2. The third-order valence-electron chi connectivity index (χ3n) is 5.73. The van der Waals surface area contributed by atoms with Crippen LogP contribution in [0.4, 0.5) is 4.39 Å². The Labute approximate surface area is 205 Å². The lowest BCUT2D eigenvalue weighted by Crippen LogP contribution is -2.43. The van der Waals surface area contributed by atoms with Crippen molar-refractivity contribution in [2.45, 2.75) is 19.5 Å². The lowest BCUT2D eigenvalue weighted by atomic mass is 10.1. The van der Waals surface area contributed by atoms with Crippen LogP contribution in [0.3, 0.4) is 0 Å². The van der Waals surface area contributed by atoms with Crippen LogP contribution in [0.5, 0.6) is 11.5 Å². The molecule has 10 heteroatoms. The van der Waals surface area contributed by atoms with E-state index >= 15 is 0 Å². The van der Waals surface area contributed by atoms with Crippen molar-refractivity contribution in [1.82, 2.24) is 19.4 Å². The van der Waals surface area contributed by atoms with Crippen molar-refractivity contribution in [3.05, 3.63) is 98.6 Å². The van der Waals surface area contributed by atoms with Crippen LogP contribution in [0.2, 0.25) is 0 Å². The van der Waals surface area contributed by atoms with Gasteiger partial charge in [0.2, 0.25) is 5.91 Å². The average molecular weight is 493 g/mol. The van der Waals surface area contributed by atoms with Gasteiger partial charge in [-0.25, -0.2) is 14.2 Å². The number of nitrogens with zero attached hydrogens (tertiary/aromatic N) is 3. The molecule has 2 aromatic carbocycles. The summed E-state index contributed by atoms with van der Waals surface area (Å²) in [7, 11) is 3.11. The number of carbonyl (C=O) groups is 1. The Kier molecular flexibility index (Phi) is 7.43. The maximum absolute atomic E-state index is 13.3. The van der Waals surface area contributed by atoms with E-state index < -0.39 is 23.0 Å². The van der Waals surface area contributed by atoms with E-state index in [1.165, 1.54) is 35.0 Å². The molecule has 4 rings (SSSR count). The van der Waals surface area contributed by atoms with Gasteiger partial charge in [-0.1, -0.05) is 18.2 Å². The fraction of sp³-hybridized carbons (Fsp3) is 0.231. The predicted molar refractivity (Wildman–Crippen MR) is 132 cm³/mol. The molecule has 1 amide bonds. The van der Waals surface area contributed by atoms with E-state index in [0.29, 0.717) is 30.0 Å². The molecule has 36 heavy (non-hydrogen) atoms. The number of fused-ring (bicyclic) bond motifs is 1. The molecule has 0 fully saturated rings. The van der Waals surface area contributed by atoms with Crippen LogP contribution in [-0.2, 0) is 24.3 Å². The van der Waals surface area contributed by atoms with Crippen LogP contribution in [0, 0.1) is 5.82 Å². The average Bonchev–Trinajstić information content (AvgIpc) is 2.90. The van der Waals surface area contributed by atoms with Crippen molar-refractivity contribution in [2.24, 2.45) is 0 Å². The molecule has 0 saturated carbocycles. The Hall–Kier alpha value is -4.47.